The number of ether oxygens (including phenoxy) is 1. The molecular formula is C19H26BNO4. The highest BCUT2D eigenvalue weighted by Crippen LogP contribution is 2.39. The minimum atomic E-state index is -0.408. The third-order valence-corrected chi connectivity index (χ3v) is 5.20. The number of nitrogens with zero attached hydrogens (tertiary/aromatic N) is 1. The van der Waals surface area contributed by atoms with Crippen LogP contribution in [0.4, 0.5) is 4.79 Å². The fourth-order valence-corrected chi connectivity index (χ4v) is 2.90. The van der Waals surface area contributed by atoms with Crippen LogP contribution < -0.4 is 0 Å². The Labute approximate surface area is 150 Å². The average Bonchev–Trinajstić information content (AvgIpc) is 2.81. The summed E-state index contributed by atoms with van der Waals surface area (Å²) in [6.45, 7) is 9.53. The van der Waals surface area contributed by atoms with Crippen molar-refractivity contribution in [3.63, 3.8) is 0 Å². The Hall–Kier alpha value is -1.79. The first-order valence-electron chi connectivity index (χ1n) is 8.79. The van der Waals surface area contributed by atoms with Gasteiger partial charge in [0.1, 0.15) is 6.61 Å². The van der Waals surface area contributed by atoms with Crippen LogP contribution >= 0.6 is 0 Å². The van der Waals surface area contributed by atoms with E-state index in [-0.39, 0.29) is 23.9 Å². The molecule has 2 aliphatic heterocycles. The monoisotopic (exact) mass is 343 g/mol. The summed E-state index contributed by atoms with van der Waals surface area (Å²) in [4.78, 5) is 14.1. The van der Waals surface area contributed by atoms with Crippen molar-refractivity contribution >= 4 is 13.2 Å². The third-order valence-electron chi connectivity index (χ3n) is 5.20. The van der Waals surface area contributed by atoms with E-state index in [9.17, 15) is 4.79 Å². The first-order valence-corrected chi connectivity index (χ1v) is 8.79. The van der Waals surface area contributed by atoms with Crippen molar-refractivity contribution in [2.45, 2.75) is 51.9 Å². The van der Waals surface area contributed by atoms with Crippen molar-refractivity contribution in [2.24, 2.45) is 0 Å². The number of carbonyl (C=O) groups is 1. The maximum absolute atomic E-state index is 12.4. The van der Waals surface area contributed by atoms with Gasteiger partial charge in [0.25, 0.3) is 0 Å². The maximum atomic E-state index is 12.4. The summed E-state index contributed by atoms with van der Waals surface area (Å²) in [6.07, 6.45) is 2.59. The molecule has 0 spiro atoms. The molecule has 6 heteroatoms. The van der Waals surface area contributed by atoms with E-state index < -0.39 is 7.12 Å². The molecule has 1 aromatic carbocycles. The zero-order chi connectivity index (χ0) is 18.1. The molecule has 1 saturated heterocycles. The lowest BCUT2D eigenvalue weighted by Crippen LogP contribution is -2.41. The molecule has 0 radical (unpaired) electrons. The van der Waals surface area contributed by atoms with E-state index in [1.54, 1.807) is 4.90 Å². The van der Waals surface area contributed by atoms with Gasteiger partial charge in [-0.25, -0.2) is 4.79 Å². The lowest BCUT2D eigenvalue weighted by atomic mass is 9.76. The zero-order valence-electron chi connectivity index (χ0n) is 15.5. The van der Waals surface area contributed by atoms with E-state index in [2.05, 4.69) is 6.08 Å². The summed E-state index contributed by atoms with van der Waals surface area (Å²) in [7, 11) is -0.408. The van der Waals surface area contributed by atoms with Gasteiger partial charge in [-0.2, -0.15) is 0 Å². The predicted octanol–water partition coefficient (Wildman–Crippen LogP) is 3.59. The molecule has 2 aliphatic rings. The van der Waals surface area contributed by atoms with Gasteiger partial charge in [0.05, 0.1) is 11.2 Å². The minimum Gasteiger partial charge on any atom is -0.445 e. The first kappa shape index (κ1) is 18.0. The lowest BCUT2D eigenvalue weighted by molar-refractivity contribution is 0.00578. The largest absolute Gasteiger partial charge is 0.492 e. The second-order valence-corrected chi connectivity index (χ2v) is 7.62. The van der Waals surface area contributed by atoms with E-state index in [1.165, 1.54) is 0 Å². The number of hydrogen-bond donors (Lipinski definition) is 0. The molecule has 25 heavy (non-hydrogen) atoms. The Morgan fingerprint density at radius 2 is 1.80 bits per heavy atom. The highest BCUT2D eigenvalue weighted by atomic mass is 16.7. The fraction of sp³-hybridized carbons (Fsp3) is 0.526. The van der Waals surface area contributed by atoms with Crippen LogP contribution in [-0.4, -0.2) is 42.4 Å². The fourth-order valence-electron chi connectivity index (χ4n) is 2.90. The molecule has 1 fully saturated rings. The summed E-state index contributed by atoms with van der Waals surface area (Å²) in [5, 5.41) is 0. The maximum Gasteiger partial charge on any atom is 0.492 e. The SMILES string of the molecule is CC1(C)OB(C2=CCCN(C(=O)OCc3ccccc3)C2)OC1(C)C. The number of carbonyl (C=O) groups excluding carboxylic acids is 1. The van der Waals surface area contributed by atoms with Crippen molar-refractivity contribution in [1.82, 2.24) is 4.90 Å². The molecule has 1 amide bonds. The molecule has 0 aliphatic carbocycles. The van der Waals surface area contributed by atoms with Gasteiger partial charge in [-0.1, -0.05) is 36.4 Å². The highest BCUT2D eigenvalue weighted by Gasteiger charge is 2.52. The van der Waals surface area contributed by atoms with Crippen molar-refractivity contribution in [3.05, 3.63) is 47.4 Å². The number of hydrogen-bond acceptors (Lipinski definition) is 4. The Morgan fingerprint density at radius 3 is 2.44 bits per heavy atom. The van der Waals surface area contributed by atoms with Crippen LogP contribution in [0.1, 0.15) is 39.7 Å². The van der Waals surface area contributed by atoms with Crippen LogP contribution in [0.5, 0.6) is 0 Å². The summed E-state index contributed by atoms with van der Waals surface area (Å²) in [5.41, 5.74) is 1.21. The number of rotatable bonds is 3. The van der Waals surface area contributed by atoms with E-state index >= 15 is 0 Å². The standard InChI is InChI=1S/C19H26BNO4/c1-18(2)19(3,4)25-20(24-18)16-11-8-12-21(13-16)17(22)23-14-15-9-6-5-7-10-15/h5-7,9-11H,8,12-14H2,1-4H3. The average molecular weight is 343 g/mol. The van der Waals surface area contributed by atoms with Crippen molar-refractivity contribution in [2.75, 3.05) is 13.1 Å². The van der Waals surface area contributed by atoms with Crippen LogP contribution in [0.25, 0.3) is 0 Å². The van der Waals surface area contributed by atoms with Crippen molar-refractivity contribution in [3.8, 4) is 0 Å². The van der Waals surface area contributed by atoms with Gasteiger partial charge in [0.15, 0.2) is 0 Å². The molecule has 1 aromatic rings. The predicted molar refractivity (Wildman–Crippen MR) is 97.0 cm³/mol. The Bertz CT molecular complexity index is 641. The Balaban J connectivity index is 1.58. The molecule has 0 unspecified atom stereocenters. The Morgan fingerprint density at radius 1 is 1.16 bits per heavy atom. The molecule has 134 valence electrons. The molecule has 0 saturated carbocycles. The van der Waals surface area contributed by atoms with Crippen LogP contribution in [0.15, 0.2) is 41.9 Å². The van der Waals surface area contributed by atoms with Gasteiger partial charge in [-0.3, -0.25) is 0 Å². The topological polar surface area (TPSA) is 48.0 Å². The summed E-state index contributed by atoms with van der Waals surface area (Å²) < 4.78 is 17.6. The second kappa shape index (κ2) is 6.85. The second-order valence-electron chi connectivity index (χ2n) is 7.62. The van der Waals surface area contributed by atoms with E-state index in [0.717, 1.165) is 17.5 Å². The summed E-state index contributed by atoms with van der Waals surface area (Å²) in [6, 6.07) is 9.70. The lowest BCUT2D eigenvalue weighted by Gasteiger charge is -2.32. The molecule has 0 N–H and O–H groups in total. The third kappa shape index (κ3) is 3.91. The molecular weight excluding hydrogens is 317 g/mol. The van der Waals surface area contributed by atoms with Gasteiger partial charge in [0.2, 0.25) is 0 Å². The normalized spacial score (nSPS) is 21.8. The molecule has 2 heterocycles. The summed E-state index contributed by atoms with van der Waals surface area (Å²) >= 11 is 0. The zero-order valence-corrected chi connectivity index (χ0v) is 15.5. The van der Waals surface area contributed by atoms with Gasteiger partial charge >= 0.3 is 13.2 Å². The quantitative estimate of drug-likeness (QED) is 0.787. The van der Waals surface area contributed by atoms with E-state index in [4.69, 9.17) is 14.0 Å². The van der Waals surface area contributed by atoms with Crippen LogP contribution in [0.3, 0.4) is 0 Å². The van der Waals surface area contributed by atoms with E-state index in [1.807, 2.05) is 58.0 Å². The first-order chi connectivity index (χ1) is 11.8. The number of benzene rings is 1. The van der Waals surface area contributed by atoms with Gasteiger partial charge in [-0.05, 0) is 45.2 Å². The van der Waals surface area contributed by atoms with Crippen LogP contribution in [-0.2, 0) is 20.7 Å². The van der Waals surface area contributed by atoms with E-state index in [0.29, 0.717) is 13.1 Å². The van der Waals surface area contributed by atoms with Crippen LogP contribution in [0.2, 0.25) is 0 Å². The highest BCUT2D eigenvalue weighted by molar-refractivity contribution is 6.54. The summed E-state index contributed by atoms with van der Waals surface area (Å²) in [5.74, 6) is 0. The smallest absolute Gasteiger partial charge is 0.445 e. The van der Waals surface area contributed by atoms with Crippen LogP contribution in [0, 0.1) is 0 Å². The van der Waals surface area contributed by atoms with Gasteiger partial charge in [-0.15, -0.1) is 0 Å². The van der Waals surface area contributed by atoms with Crippen molar-refractivity contribution < 1.29 is 18.8 Å². The molecule has 5 nitrogen and oxygen atoms in total. The van der Waals surface area contributed by atoms with Gasteiger partial charge in [0, 0.05) is 13.1 Å². The minimum absolute atomic E-state index is 0.283. The number of amides is 1. The van der Waals surface area contributed by atoms with Crippen molar-refractivity contribution in [1.29, 1.82) is 0 Å². The molecule has 0 aromatic heterocycles. The van der Waals surface area contributed by atoms with Gasteiger partial charge < -0.3 is 18.9 Å². The molecule has 0 atom stereocenters. The molecule has 0 bridgehead atoms. The Kier molecular flexibility index (Phi) is 4.93. The molecule has 3 rings (SSSR count).